The Morgan fingerprint density at radius 1 is 1.26 bits per heavy atom. The maximum atomic E-state index is 12.9. The Labute approximate surface area is 141 Å². The molecule has 23 heavy (non-hydrogen) atoms. The summed E-state index contributed by atoms with van der Waals surface area (Å²) >= 11 is 5.88. The van der Waals surface area contributed by atoms with E-state index in [0.717, 1.165) is 44.8 Å². The second kappa shape index (κ2) is 7.03. The van der Waals surface area contributed by atoms with Crippen molar-refractivity contribution in [2.45, 2.75) is 18.4 Å². The van der Waals surface area contributed by atoms with Gasteiger partial charge in [0, 0.05) is 39.5 Å². The molecule has 0 unspecified atom stereocenters. The first-order chi connectivity index (χ1) is 11.1. The lowest BCUT2D eigenvalue weighted by molar-refractivity contribution is -0.158. The van der Waals surface area contributed by atoms with Gasteiger partial charge in [-0.05, 0) is 38.1 Å². The van der Waals surface area contributed by atoms with Crippen LogP contribution >= 0.6 is 11.6 Å². The minimum absolute atomic E-state index is 0.130. The topological polar surface area (TPSA) is 57.7 Å². The Balaban J connectivity index is 1.61. The lowest BCUT2D eigenvalue weighted by atomic mass is 9.90. The average molecular weight is 339 g/mol. The predicted octanol–water partition coefficient (Wildman–Crippen LogP) is 1.15. The maximum absolute atomic E-state index is 12.9. The third-order valence-corrected chi connectivity index (χ3v) is 5.02. The summed E-state index contributed by atoms with van der Waals surface area (Å²) in [6.45, 7) is 4.60. The minimum atomic E-state index is -0.647. The summed E-state index contributed by atoms with van der Waals surface area (Å²) in [5.41, 5.74) is -0.647. The van der Waals surface area contributed by atoms with Crippen molar-refractivity contribution >= 4 is 23.3 Å². The van der Waals surface area contributed by atoms with Gasteiger partial charge in [0.1, 0.15) is 11.4 Å². The number of hydrogen-bond acceptors (Lipinski definition) is 5. The van der Waals surface area contributed by atoms with Crippen LogP contribution in [0.2, 0.25) is 5.02 Å². The number of piperazine rings is 1. The summed E-state index contributed by atoms with van der Waals surface area (Å²) in [4.78, 5) is 21.4. The molecule has 0 aliphatic carbocycles. The van der Waals surface area contributed by atoms with Gasteiger partial charge in [-0.3, -0.25) is 4.79 Å². The highest BCUT2D eigenvalue weighted by molar-refractivity contribution is 6.30. The number of rotatable bonds is 3. The number of amides is 1. The zero-order valence-corrected chi connectivity index (χ0v) is 14.2. The number of nitrogens with zero attached hydrogens (tertiary/aromatic N) is 3. The Kier molecular flexibility index (Phi) is 5.04. The van der Waals surface area contributed by atoms with Crippen LogP contribution in [-0.2, 0) is 9.53 Å². The fourth-order valence-corrected chi connectivity index (χ4v) is 3.43. The van der Waals surface area contributed by atoms with Crippen molar-refractivity contribution in [3.05, 3.63) is 23.4 Å². The van der Waals surface area contributed by atoms with Gasteiger partial charge in [0.05, 0.1) is 5.02 Å². The van der Waals surface area contributed by atoms with Gasteiger partial charge in [-0.2, -0.15) is 0 Å². The number of aromatic nitrogens is 1. The molecule has 0 spiro atoms. The van der Waals surface area contributed by atoms with Crippen molar-refractivity contribution < 1.29 is 9.53 Å². The summed E-state index contributed by atoms with van der Waals surface area (Å²) < 4.78 is 5.65. The number of halogens is 1. The van der Waals surface area contributed by atoms with E-state index >= 15 is 0 Å². The number of hydrogen-bond donors (Lipinski definition) is 1. The lowest BCUT2D eigenvalue weighted by Crippen LogP contribution is -2.59. The molecule has 1 amide bonds. The quantitative estimate of drug-likeness (QED) is 0.896. The molecule has 3 rings (SSSR count). The van der Waals surface area contributed by atoms with Gasteiger partial charge in [0.2, 0.25) is 0 Å². The SMILES string of the molecule is COC1(C(=O)N2CCN(c3ccc(Cl)cn3)CC2)CCNCC1. The third kappa shape index (κ3) is 3.44. The summed E-state index contributed by atoms with van der Waals surface area (Å²) in [7, 11) is 1.65. The van der Waals surface area contributed by atoms with E-state index in [0.29, 0.717) is 18.1 Å². The molecule has 0 radical (unpaired) electrons. The Morgan fingerprint density at radius 3 is 2.52 bits per heavy atom. The predicted molar refractivity (Wildman–Crippen MR) is 89.9 cm³/mol. The van der Waals surface area contributed by atoms with Crippen molar-refractivity contribution in [1.82, 2.24) is 15.2 Å². The first-order valence-electron chi connectivity index (χ1n) is 8.06. The van der Waals surface area contributed by atoms with Gasteiger partial charge in [-0.15, -0.1) is 0 Å². The molecule has 1 aromatic heterocycles. The standard InChI is InChI=1S/C16H23ClN4O2/c1-23-16(4-6-18-7-5-16)15(22)21-10-8-20(9-11-21)14-3-2-13(17)12-19-14/h2-3,12,18H,4-11H2,1H3. The van der Waals surface area contributed by atoms with Gasteiger partial charge in [-0.25, -0.2) is 4.98 Å². The Morgan fingerprint density at radius 2 is 1.96 bits per heavy atom. The minimum Gasteiger partial charge on any atom is -0.368 e. The van der Waals surface area contributed by atoms with Gasteiger partial charge in [0.15, 0.2) is 0 Å². The molecule has 1 aromatic rings. The van der Waals surface area contributed by atoms with E-state index in [9.17, 15) is 4.79 Å². The van der Waals surface area contributed by atoms with E-state index in [-0.39, 0.29) is 5.91 Å². The average Bonchev–Trinajstić information content (AvgIpc) is 2.62. The van der Waals surface area contributed by atoms with E-state index in [1.54, 1.807) is 13.3 Å². The molecule has 6 nitrogen and oxygen atoms in total. The molecule has 2 aliphatic heterocycles. The second-order valence-corrected chi connectivity index (χ2v) is 6.50. The van der Waals surface area contributed by atoms with Crippen molar-refractivity contribution in [2.24, 2.45) is 0 Å². The normalized spacial score (nSPS) is 21.3. The van der Waals surface area contributed by atoms with E-state index in [4.69, 9.17) is 16.3 Å². The number of pyridine rings is 1. The number of carbonyl (C=O) groups excluding carboxylic acids is 1. The van der Waals surface area contributed by atoms with E-state index in [1.807, 2.05) is 17.0 Å². The van der Waals surface area contributed by atoms with Crippen LogP contribution < -0.4 is 10.2 Å². The van der Waals surface area contributed by atoms with Crippen molar-refractivity contribution in [3.8, 4) is 0 Å². The van der Waals surface area contributed by atoms with Crippen LogP contribution in [0.1, 0.15) is 12.8 Å². The highest BCUT2D eigenvalue weighted by Gasteiger charge is 2.43. The molecule has 7 heteroatoms. The molecule has 2 fully saturated rings. The fraction of sp³-hybridized carbons (Fsp3) is 0.625. The third-order valence-electron chi connectivity index (χ3n) is 4.79. The van der Waals surface area contributed by atoms with Crippen molar-refractivity contribution in [2.75, 3.05) is 51.3 Å². The van der Waals surface area contributed by atoms with Gasteiger partial charge < -0.3 is 19.9 Å². The number of nitrogens with one attached hydrogen (secondary N) is 1. The molecule has 0 saturated carbocycles. The summed E-state index contributed by atoms with van der Waals surface area (Å²) in [5.74, 6) is 1.04. The molecular weight excluding hydrogens is 316 g/mol. The second-order valence-electron chi connectivity index (χ2n) is 6.06. The molecule has 3 heterocycles. The number of methoxy groups -OCH3 is 1. The first kappa shape index (κ1) is 16.5. The molecule has 1 N–H and O–H groups in total. The zero-order valence-electron chi connectivity index (χ0n) is 13.4. The van der Waals surface area contributed by atoms with Crippen LogP contribution in [0, 0.1) is 0 Å². The molecule has 0 bridgehead atoms. The van der Waals surface area contributed by atoms with E-state index in [2.05, 4.69) is 15.2 Å². The van der Waals surface area contributed by atoms with Crippen LogP contribution in [0.3, 0.4) is 0 Å². The Bertz CT molecular complexity index is 538. The van der Waals surface area contributed by atoms with E-state index in [1.165, 1.54) is 0 Å². The highest BCUT2D eigenvalue weighted by Crippen LogP contribution is 2.26. The van der Waals surface area contributed by atoms with Gasteiger partial charge >= 0.3 is 0 Å². The summed E-state index contributed by atoms with van der Waals surface area (Å²) in [5, 5.41) is 3.92. The number of ether oxygens (including phenoxy) is 1. The maximum Gasteiger partial charge on any atom is 0.255 e. The molecule has 126 valence electrons. The Hall–Kier alpha value is -1.37. The number of carbonyl (C=O) groups is 1. The molecule has 2 aliphatic rings. The van der Waals surface area contributed by atoms with Crippen LogP contribution in [-0.4, -0.2) is 67.8 Å². The fourth-order valence-electron chi connectivity index (χ4n) is 3.32. The molecular formula is C16H23ClN4O2. The van der Waals surface area contributed by atoms with Crippen LogP contribution in [0.15, 0.2) is 18.3 Å². The van der Waals surface area contributed by atoms with Crippen LogP contribution in [0.25, 0.3) is 0 Å². The van der Waals surface area contributed by atoms with Crippen LogP contribution in [0.5, 0.6) is 0 Å². The zero-order chi connectivity index (χ0) is 16.3. The molecule has 0 aromatic carbocycles. The lowest BCUT2D eigenvalue weighted by Gasteiger charge is -2.42. The molecule has 2 saturated heterocycles. The van der Waals surface area contributed by atoms with Gasteiger partial charge in [0.25, 0.3) is 5.91 Å². The summed E-state index contributed by atoms with van der Waals surface area (Å²) in [6, 6.07) is 3.76. The largest absolute Gasteiger partial charge is 0.368 e. The van der Waals surface area contributed by atoms with Crippen LogP contribution in [0.4, 0.5) is 5.82 Å². The smallest absolute Gasteiger partial charge is 0.255 e. The van der Waals surface area contributed by atoms with E-state index < -0.39 is 5.60 Å². The van der Waals surface area contributed by atoms with Gasteiger partial charge in [-0.1, -0.05) is 11.6 Å². The monoisotopic (exact) mass is 338 g/mol. The van der Waals surface area contributed by atoms with Crippen molar-refractivity contribution in [1.29, 1.82) is 0 Å². The number of piperidine rings is 1. The molecule has 0 atom stereocenters. The first-order valence-corrected chi connectivity index (χ1v) is 8.44. The summed E-state index contributed by atoms with van der Waals surface area (Å²) in [6.07, 6.45) is 3.13. The number of anilines is 1. The highest BCUT2D eigenvalue weighted by atomic mass is 35.5. The van der Waals surface area contributed by atoms with Crippen molar-refractivity contribution in [3.63, 3.8) is 0 Å².